The summed E-state index contributed by atoms with van der Waals surface area (Å²) in [4.78, 5) is 30.4. The van der Waals surface area contributed by atoms with Gasteiger partial charge in [-0.2, -0.15) is 0 Å². The summed E-state index contributed by atoms with van der Waals surface area (Å²) in [6.45, 7) is 5.77. The van der Waals surface area contributed by atoms with Crippen LogP contribution in [-0.4, -0.2) is 53.4 Å². The molecule has 3 aromatic rings. The van der Waals surface area contributed by atoms with Crippen LogP contribution in [0.15, 0.2) is 35.1 Å². The molecule has 2 aromatic heterocycles. The van der Waals surface area contributed by atoms with Crippen molar-refractivity contribution >= 4 is 16.7 Å². The first kappa shape index (κ1) is 25.1. The number of methoxy groups -OCH3 is 1. The summed E-state index contributed by atoms with van der Waals surface area (Å²) in [6, 6.07) is 8.72. The number of aromatic amines is 1. The van der Waals surface area contributed by atoms with Crippen LogP contribution in [0.4, 0.5) is 8.78 Å². The Hall–Kier alpha value is -3.00. The highest BCUT2D eigenvalue weighted by Gasteiger charge is 2.47. The summed E-state index contributed by atoms with van der Waals surface area (Å²) in [6.07, 6.45) is 0.713. The van der Waals surface area contributed by atoms with Gasteiger partial charge < -0.3 is 19.2 Å². The van der Waals surface area contributed by atoms with Gasteiger partial charge in [-0.3, -0.25) is 9.59 Å². The van der Waals surface area contributed by atoms with Crippen LogP contribution in [0.25, 0.3) is 10.9 Å². The van der Waals surface area contributed by atoms with Gasteiger partial charge in [-0.05, 0) is 59.3 Å². The van der Waals surface area contributed by atoms with Crippen LogP contribution >= 0.6 is 0 Å². The van der Waals surface area contributed by atoms with Crippen molar-refractivity contribution in [3.63, 3.8) is 0 Å². The minimum atomic E-state index is -2.82. The highest BCUT2D eigenvalue weighted by atomic mass is 19.3. The number of ether oxygens (including phenoxy) is 1. The van der Waals surface area contributed by atoms with E-state index in [0.717, 1.165) is 10.9 Å². The average molecular weight is 486 g/mol. The lowest BCUT2D eigenvalue weighted by atomic mass is 9.86. The van der Waals surface area contributed by atoms with E-state index in [0.29, 0.717) is 41.2 Å². The topological polar surface area (TPSA) is 67.3 Å². The minimum Gasteiger partial charge on any atom is -0.496 e. The van der Waals surface area contributed by atoms with Gasteiger partial charge in [-0.1, -0.05) is 18.2 Å². The third kappa shape index (κ3) is 4.63. The van der Waals surface area contributed by atoms with Gasteiger partial charge >= 0.3 is 0 Å². The molecule has 6 nitrogen and oxygen atoms in total. The second-order valence-corrected chi connectivity index (χ2v) is 9.73. The Bertz CT molecular complexity index is 1310. The van der Waals surface area contributed by atoms with Gasteiger partial charge in [0.15, 0.2) is 5.78 Å². The number of rotatable bonds is 7. The number of fused-ring (bicyclic) bond motifs is 1. The number of aromatic nitrogens is 2. The third-order valence-corrected chi connectivity index (χ3v) is 7.32. The van der Waals surface area contributed by atoms with Crippen molar-refractivity contribution in [2.24, 2.45) is 5.92 Å². The van der Waals surface area contributed by atoms with E-state index in [-0.39, 0.29) is 30.7 Å². The Morgan fingerprint density at radius 1 is 1.29 bits per heavy atom. The number of nitrogens with one attached hydrogen (secondary N) is 1. The van der Waals surface area contributed by atoms with Crippen LogP contribution < -0.4 is 10.3 Å². The summed E-state index contributed by atoms with van der Waals surface area (Å²) in [7, 11) is 3.22. The second kappa shape index (κ2) is 9.57. The molecule has 1 aliphatic rings. The van der Waals surface area contributed by atoms with Gasteiger partial charge in [0.25, 0.3) is 11.5 Å². The van der Waals surface area contributed by atoms with Crippen molar-refractivity contribution < 1.29 is 18.3 Å². The van der Waals surface area contributed by atoms with Crippen LogP contribution in [0.5, 0.6) is 5.75 Å². The number of H-pyrrole nitrogens is 1. The van der Waals surface area contributed by atoms with Crippen LogP contribution in [-0.2, 0) is 6.42 Å². The van der Waals surface area contributed by atoms with E-state index >= 15 is 8.78 Å². The van der Waals surface area contributed by atoms with Crippen molar-refractivity contribution in [3.8, 4) is 5.75 Å². The molecule has 1 fully saturated rings. The number of halogens is 2. The zero-order valence-corrected chi connectivity index (χ0v) is 21.0. The average Bonchev–Trinajstić information content (AvgIpc) is 3.08. The number of pyridine rings is 1. The largest absolute Gasteiger partial charge is 0.496 e. The van der Waals surface area contributed by atoms with E-state index in [9.17, 15) is 9.59 Å². The molecular formula is C27H33F2N3O3. The molecule has 4 rings (SSSR count). The summed E-state index contributed by atoms with van der Waals surface area (Å²) in [5.74, 6) is -3.32. The molecular weight excluding hydrogens is 452 g/mol. The second-order valence-electron chi connectivity index (χ2n) is 9.73. The lowest BCUT2D eigenvalue weighted by Crippen LogP contribution is -2.49. The number of hydrogen-bond donors (Lipinski definition) is 1. The lowest BCUT2D eigenvalue weighted by molar-refractivity contribution is -0.119. The smallest absolute Gasteiger partial charge is 0.265 e. The number of carbonyl (C=O) groups is 1. The molecule has 1 saturated heterocycles. The fourth-order valence-electron chi connectivity index (χ4n) is 5.64. The first-order chi connectivity index (χ1) is 16.5. The molecule has 188 valence electrons. The maximum absolute atomic E-state index is 15.0. The monoisotopic (exact) mass is 485 g/mol. The molecule has 35 heavy (non-hydrogen) atoms. The molecule has 0 aliphatic carbocycles. The summed E-state index contributed by atoms with van der Waals surface area (Å²) < 4.78 is 37.3. The number of alkyl halides is 2. The van der Waals surface area contributed by atoms with E-state index in [1.807, 2.05) is 42.7 Å². The zero-order chi connectivity index (χ0) is 25.5. The number of nitrogens with zero attached hydrogens (tertiary/aromatic N) is 2. The number of likely N-dealkylation sites (tertiary alicyclic amines) is 1. The van der Waals surface area contributed by atoms with Crippen LogP contribution in [0, 0.1) is 19.8 Å². The first-order valence-corrected chi connectivity index (χ1v) is 12.0. The molecule has 0 radical (unpaired) electrons. The molecule has 0 amide bonds. The first-order valence-electron chi connectivity index (χ1n) is 12.0. The maximum Gasteiger partial charge on any atom is 0.265 e. The Labute approximate surface area is 203 Å². The maximum atomic E-state index is 15.0. The van der Waals surface area contributed by atoms with Gasteiger partial charge in [-0.15, -0.1) is 0 Å². The van der Waals surface area contributed by atoms with Gasteiger partial charge in [0.2, 0.25) is 0 Å². The number of aryl methyl sites for hydroxylation is 1. The number of carbonyl (C=O) groups excluding carboxylic acids is 1. The van der Waals surface area contributed by atoms with Crippen LogP contribution in [0.1, 0.15) is 53.1 Å². The number of hydrogen-bond acceptors (Lipinski definition) is 4. The molecule has 0 spiro atoms. The van der Waals surface area contributed by atoms with E-state index < -0.39 is 17.9 Å². The Morgan fingerprint density at radius 3 is 2.69 bits per heavy atom. The molecule has 2 atom stereocenters. The predicted octanol–water partition coefficient (Wildman–Crippen LogP) is 4.92. The Balaban J connectivity index is 1.69. The number of benzene rings is 1. The lowest BCUT2D eigenvalue weighted by Gasteiger charge is -2.40. The highest BCUT2D eigenvalue weighted by Crippen LogP contribution is 2.42. The van der Waals surface area contributed by atoms with Crippen molar-refractivity contribution in [1.29, 1.82) is 0 Å². The molecule has 8 heteroatoms. The number of Topliss-reactive ketones (excluding diaryl/α,β-unsaturated/α-hetero) is 1. The predicted molar refractivity (Wildman–Crippen MR) is 133 cm³/mol. The Morgan fingerprint density at radius 2 is 2.00 bits per heavy atom. The molecule has 0 saturated carbocycles. The molecule has 1 aliphatic heterocycles. The number of ketones is 1. The van der Waals surface area contributed by atoms with Crippen molar-refractivity contribution in [3.05, 3.63) is 63.2 Å². The van der Waals surface area contributed by atoms with Gasteiger partial charge in [0, 0.05) is 46.2 Å². The normalized spacial score (nSPS) is 19.1. The SMILES string of the molecule is COc1cc(C)[nH]c(=O)c1CCC(=O)c1c(C)n([C@H](C)C2CCN(C)CC2(F)F)c2ccccc12. The zero-order valence-electron chi connectivity index (χ0n) is 21.0. The minimum absolute atomic E-state index is 0.107. The van der Waals surface area contributed by atoms with E-state index in [1.54, 1.807) is 24.9 Å². The molecule has 1 aromatic carbocycles. The third-order valence-electron chi connectivity index (χ3n) is 7.32. The van der Waals surface area contributed by atoms with Crippen molar-refractivity contribution in [2.75, 3.05) is 27.2 Å². The quantitative estimate of drug-likeness (QED) is 0.483. The Kier molecular flexibility index (Phi) is 6.86. The van der Waals surface area contributed by atoms with Gasteiger partial charge in [-0.25, -0.2) is 8.78 Å². The fraction of sp³-hybridized carbons (Fsp3) is 0.481. The number of para-hydroxylation sites is 1. The van der Waals surface area contributed by atoms with Crippen LogP contribution in [0.3, 0.4) is 0 Å². The van der Waals surface area contributed by atoms with Gasteiger partial charge in [0.05, 0.1) is 19.2 Å². The van der Waals surface area contributed by atoms with Gasteiger partial charge in [0.1, 0.15) is 5.75 Å². The van der Waals surface area contributed by atoms with E-state index in [1.165, 1.54) is 7.11 Å². The molecule has 3 heterocycles. The molecule has 0 bridgehead atoms. The number of piperidine rings is 1. The van der Waals surface area contributed by atoms with E-state index in [4.69, 9.17) is 4.74 Å². The standard InChI is InChI=1S/C27H33F2N3O3/c1-16-14-24(35-5)20(26(34)30-16)10-11-23(33)25-18(3)32(22-9-7-6-8-19(22)25)17(2)21-12-13-31(4)15-27(21,28)29/h6-9,14,17,21H,10-13,15H2,1-5H3,(H,30,34)/t17-,21?/m1/s1. The fourth-order valence-corrected chi connectivity index (χ4v) is 5.64. The van der Waals surface area contributed by atoms with Crippen molar-refractivity contribution in [2.45, 2.75) is 52.0 Å². The summed E-state index contributed by atoms with van der Waals surface area (Å²) in [5.41, 5.74) is 2.83. The van der Waals surface area contributed by atoms with Crippen LogP contribution in [0.2, 0.25) is 0 Å². The molecule has 1 N–H and O–H groups in total. The summed E-state index contributed by atoms with van der Waals surface area (Å²) in [5, 5.41) is 0.753. The highest BCUT2D eigenvalue weighted by molar-refractivity contribution is 6.09. The summed E-state index contributed by atoms with van der Waals surface area (Å²) >= 11 is 0. The van der Waals surface area contributed by atoms with E-state index in [2.05, 4.69) is 4.98 Å². The van der Waals surface area contributed by atoms with Crippen molar-refractivity contribution in [1.82, 2.24) is 14.5 Å². The molecule has 1 unspecified atom stereocenters.